The fourth-order valence-corrected chi connectivity index (χ4v) is 4.43. The summed E-state index contributed by atoms with van der Waals surface area (Å²) in [5, 5.41) is 0. The fraction of sp³-hybridized carbons (Fsp3) is 0.167. The zero-order valence-electron chi connectivity index (χ0n) is 8.18. The first-order chi connectivity index (χ1) is 7.52. The zero-order valence-corrected chi connectivity index (χ0v) is 14.5. The molecule has 0 saturated carbocycles. The van der Waals surface area contributed by atoms with Crippen LogP contribution in [0.3, 0.4) is 0 Å². The number of alkyl halides is 2. The van der Waals surface area contributed by atoms with Crippen LogP contribution in [0, 0.1) is 0 Å². The van der Waals surface area contributed by atoms with Gasteiger partial charge in [0.1, 0.15) is 3.23 Å². The van der Waals surface area contributed by atoms with Gasteiger partial charge in [-0.05, 0) is 43.8 Å². The monoisotopic (exact) mass is 468 g/mol. The Kier molecular flexibility index (Phi) is 4.15. The molecule has 0 aliphatic heterocycles. The standard InChI is InChI=1S/C12H8Br4/c13-9-6-7-12(15,16)10(11(9)14)8-4-2-1-3-5-8/h1-6H,7H2. The van der Waals surface area contributed by atoms with E-state index in [1.165, 1.54) is 11.1 Å². The Morgan fingerprint density at radius 2 is 1.62 bits per heavy atom. The predicted molar refractivity (Wildman–Crippen MR) is 84.5 cm³/mol. The van der Waals surface area contributed by atoms with Gasteiger partial charge in [0.2, 0.25) is 0 Å². The first-order valence-corrected chi connectivity index (χ1v) is 7.89. The van der Waals surface area contributed by atoms with Crippen molar-refractivity contribution in [2.45, 2.75) is 9.65 Å². The Bertz CT molecular complexity index is 457. The molecule has 1 aromatic carbocycles. The number of benzene rings is 1. The Hall–Kier alpha value is 0.620. The van der Waals surface area contributed by atoms with Crippen molar-refractivity contribution in [1.82, 2.24) is 0 Å². The van der Waals surface area contributed by atoms with Crippen molar-refractivity contribution in [2.75, 3.05) is 0 Å². The summed E-state index contributed by atoms with van der Waals surface area (Å²) >= 11 is 14.6. The molecular weight excluding hydrogens is 464 g/mol. The molecule has 0 fully saturated rings. The molecule has 0 spiro atoms. The molecule has 0 bridgehead atoms. The minimum absolute atomic E-state index is 0.197. The molecule has 84 valence electrons. The average molecular weight is 472 g/mol. The summed E-state index contributed by atoms with van der Waals surface area (Å²) in [6.07, 6.45) is 3.03. The van der Waals surface area contributed by atoms with Crippen molar-refractivity contribution < 1.29 is 0 Å². The van der Waals surface area contributed by atoms with Gasteiger partial charge in [-0.15, -0.1) is 0 Å². The summed E-state index contributed by atoms with van der Waals surface area (Å²) in [4.78, 5) is 0. The Labute approximate surface area is 129 Å². The summed E-state index contributed by atoms with van der Waals surface area (Å²) in [6, 6.07) is 10.3. The summed E-state index contributed by atoms with van der Waals surface area (Å²) in [5.41, 5.74) is 2.41. The fourth-order valence-electron chi connectivity index (χ4n) is 1.63. The van der Waals surface area contributed by atoms with Gasteiger partial charge in [0.25, 0.3) is 0 Å². The van der Waals surface area contributed by atoms with Gasteiger partial charge >= 0.3 is 0 Å². The number of allylic oxidation sites excluding steroid dienone is 4. The van der Waals surface area contributed by atoms with E-state index in [1.54, 1.807) is 0 Å². The van der Waals surface area contributed by atoms with Gasteiger partial charge in [0.05, 0.1) is 0 Å². The van der Waals surface area contributed by atoms with Gasteiger partial charge in [-0.25, -0.2) is 0 Å². The smallest absolute Gasteiger partial charge is 0.0670 e. The van der Waals surface area contributed by atoms with Gasteiger partial charge in [0.15, 0.2) is 0 Å². The van der Waals surface area contributed by atoms with Crippen LogP contribution < -0.4 is 0 Å². The molecule has 0 saturated heterocycles. The molecule has 0 N–H and O–H groups in total. The third-order valence-corrected chi connectivity index (χ3v) is 5.91. The lowest BCUT2D eigenvalue weighted by Crippen LogP contribution is -2.17. The molecule has 2 rings (SSSR count). The van der Waals surface area contributed by atoms with Crippen LogP contribution >= 0.6 is 63.7 Å². The van der Waals surface area contributed by atoms with E-state index >= 15 is 0 Å². The maximum atomic E-state index is 3.73. The van der Waals surface area contributed by atoms with E-state index in [1.807, 2.05) is 18.2 Å². The van der Waals surface area contributed by atoms with Gasteiger partial charge in [0, 0.05) is 14.5 Å². The summed E-state index contributed by atoms with van der Waals surface area (Å²) < 4.78 is 1.98. The second-order valence-electron chi connectivity index (χ2n) is 3.52. The quantitative estimate of drug-likeness (QED) is 0.443. The van der Waals surface area contributed by atoms with Gasteiger partial charge in [-0.3, -0.25) is 0 Å². The van der Waals surface area contributed by atoms with Crippen molar-refractivity contribution in [3.63, 3.8) is 0 Å². The molecule has 1 aliphatic carbocycles. The topological polar surface area (TPSA) is 0 Å². The summed E-state index contributed by atoms with van der Waals surface area (Å²) in [7, 11) is 0. The first-order valence-electron chi connectivity index (χ1n) is 4.72. The van der Waals surface area contributed by atoms with E-state index < -0.39 is 0 Å². The number of hydrogen-bond acceptors (Lipinski definition) is 0. The van der Waals surface area contributed by atoms with Crippen molar-refractivity contribution in [1.29, 1.82) is 0 Å². The van der Waals surface area contributed by atoms with Gasteiger partial charge in [-0.2, -0.15) is 0 Å². The van der Waals surface area contributed by atoms with E-state index in [-0.39, 0.29) is 3.23 Å². The van der Waals surface area contributed by atoms with Crippen LogP contribution in [-0.2, 0) is 0 Å². The maximum Gasteiger partial charge on any atom is 0.110 e. The van der Waals surface area contributed by atoms with Crippen molar-refractivity contribution in [2.24, 2.45) is 0 Å². The highest BCUT2D eigenvalue weighted by Gasteiger charge is 2.33. The molecule has 0 unspecified atom stereocenters. The van der Waals surface area contributed by atoms with Crippen molar-refractivity contribution in [3.05, 3.63) is 50.9 Å². The molecule has 0 atom stereocenters. The SMILES string of the molecule is BrC1=CCC(Br)(Br)C(c2ccccc2)=C1Br. The Morgan fingerprint density at radius 1 is 1.00 bits per heavy atom. The summed E-state index contributed by atoms with van der Waals surface area (Å²) in [5.74, 6) is 0. The largest absolute Gasteiger partial charge is 0.110 e. The van der Waals surface area contributed by atoms with E-state index in [9.17, 15) is 0 Å². The molecule has 16 heavy (non-hydrogen) atoms. The van der Waals surface area contributed by atoms with Crippen LogP contribution in [0.25, 0.3) is 5.57 Å². The van der Waals surface area contributed by atoms with Crippen molar-refractivity contribution >= 4 is 69.3 Å². The number of halogens is 4. The third-order valence-electron chi connectivity index (χ3n) is 2.40. The number of hydrogen-bond donors (Lipinski definition) is 0. The molecule has 0 radical (unpaired) electrons. The second-order valence-corrected chi connectivity index (χ2v) is 8.93. The molecular formula is C12H8Br4. The van der Waals surface area contributed by atoms with E-state index in [2.05, 4.69) is 81.9 Å². The van der Waals surface area contributed by atoms with Crippen LogP contribution in [0.1, 0.15) is 12.0 Å². The molecule has 1 aromatic rings. The first kappa shape index (κ1) is 13.1. The Morgan fingerprint density at radius 3 is 2.25 bits per heavy atom. The van der Waals surface area contributed by atoms with E-state index in [0.29, 0.717) is 0 Å². The van der Waals surface area contributed by atoms with Gasteiger partial charge in [-0.1, -0.05) is 68.3 Å². The molecule has 0 amide bonds. The lowest BCUT2D eigenvalue weighted by Gasteiger charge is -2.28. The van der Waals surface area contributed by atoms with E-state index in [0.717, 1.165) is 15.4 Å². The van der Waals surface area contributed by atoms with Crippen LogP contribution in [0.4, 0.5) is 0 Å². The normalized spacial score (nSPS) is 19.6. The second kappa shape index (κ2) is 5.09. The predicted octanol–water partition coefficient (Wildman–Crippen LogP) is 5.96. The average Bonchev–Trinajstić information content (AvgIpc) is 2.26. The lowest BCUT2D eigenvalue weighted by atomic mass is 9.97. The van der Waals surface area contributed by atoms with Crippen LogP contribution in [-0.4, -0.2) is 3.23 Å². The molecule has 4 heteroatoms. The van der Waals surface area contributed by atoms with Crippen LogP contribution in [0.5, 0.6) is 0 Å². The van der Waals surface area contributed by atoms with E-state index in [4.69, 9.17) is 0 Å². The minimum atomic E-state index is -0.197. The molecule has 0 nitrogen and oxygen atoms in total. The Balaban J connectivity index is 2.59. The number of rotatable bonds is 1. The molecule has 0 aromatic heterocycles. The highest BCUT2D eigenvalue weighted by atomic mass is 79.9. The highest BCUT2D eigenvalue weighted by molar-refractivity contribution is 9.25. The highest BCUT2D eigenvalue weighted by Crippen LogP contribution is 2.51. The third kappa shape index (κ3) is 2.55. The molecule has 1 aliphatic rings. The van der Waals surface area contributed by atoms with Crippen LogP contribution in [0.15, 0.2) is 45.4 Å². The lowest BCUT2D eigenvalue weighted by molar-refractivity contribution is 1.04. The summed E-state index contributed by atoms with van der Waals surface area (Å²) in [6.45, 7) is 0. The maximum absolute atomic E-state index is 3.73. The van der Waals surface area contributed by atoms with Crippen molar-refractivity contribution in [3.8, 4) is 0 Å². The molecule has 0 heterocycles. The zero-order chi connectivity index (χ0) is 11.8. The van der Waals surface area contributed by atoms with Gasteiger partial charge < -0.3 is 0 Å². The van der Waals surface area contributed by atoms with Crippen LogP contribution in [0.2, 0.25) is 0 Å². The minimum Gasteiger partial charge on any atom is -0.0670 e.